The van der Waals surface area contributed by atoms with E-state index in [0.717, 1.165) is 0 Å². The van der Waals surface area contributed by atoms with Crippen LogP contribution in [0.5, 0.6) is 0 Å². The maximum absolute atomic E-state index is 11.6. The van der Waals surface area contributed by atoms with Crippen LogP contribution < -0.4 is 5.73 Å². The first kappa shape index (κ1) is 15.4. The van der Waals surface area contributed by atoms with Crippen LogP contribution in [0.15, 0.2) is 0 Å². The van der Waals surface area contributed by atoms with Gasteiger partial charge in [-0.25, -0.2) is 0 Å². The van der Waals surface area contributed by atoms with Crippen LogP contribution in [0, 0.1) is 23.2 Å². The number of ether oxygens (including phenoxy) is 1. The monoisotopic (exact) mass is 229 g/mol. The summed E-state index contributed by atoms with van der Waals surface area (Å²) >= 11 is 0. The lowest BCUT2D eigenvalue weighted by Crippen LogP contribution is -2.32. The summed E-state index contributed by atoms with van der Waals surface area (Å²) in [5.41, 5.74) is 5.29. The van der Waals surface area contributed by atoms with Crippen LogP contribution in [0.2, 0.25) is 0 Å². The van der Waals surface area contributed by atoms with Gasteiger partial charge in [0.1, 0.15) is 0 Å². The molecule has 96 valence electrons. The Morgan fingerprint density at radius 3 is 2.06 bits per heavy atom. The minimum Gasteiger partial charge on any atom is -0.465 e. The topological polar surface area (TPSA) is 52.3 Å². The van der Waals surface area contributed by atoms with Crippen LogP contribution in [-0.4, -0.2) is 19.1 Å². The van der Waals surface area contributed by atoms with Gasteiger partial charge in [-0.2, -0.15) is 0 Å². The molecule has 0 saturated carbocycles. The normalized spacial score (nSPS) is 16.0. The van der Waals surface area contributed by atoms with E-state index in [9.17, 15) is 4.79 Å². The van der Waals surface area contributed by atoms with Crippen molar-refractivity contribution in [3.05, 3.63) is 0 Å². The average molecular weight is 229 g/mol. The molecular weight excluding hydrogens is 202 g/mol. The first-order valence-corrected chi connectivity index (χ1v) is 6.07. The third-order valence-electron chi connectivity index (χ3n) is 3.14. The summed E-state index contributed by atoms with van der Waals surface area (Å²) in [4.78, 5) is 11.6. The second kappa shape index (κ2) is 6.24. The maximum atomic E-state index is 11.6. The molecule has 2 atom stereocenters. The van der Waals surface area contributed by atoms with Crippen molar-refractivity contribution in [3.8, 4) is 0 Å². The Kier molecular flexibility index (Phi) is 6.01. The van der Waals surface area contributed by atoms with E-state index in [-0.39, 0.29) is 11.9 Å². The fourth-order valence-electron chi connectivity index (χ4n) is 1.38. The van der Waals surface area contributed by atoms with E-state index in [1.54, 1.807) is 0 Å². The lowest BCUT2D eigenvalue weighted by Gasteiger charge is -2.26. The molecule has 0 radical (unpaired) electrons. The quantitative estimate of drug-likeness (QED) is 0.737. The Morgan fingerprint density at radius 1 is 1.25 bits per heavy atom. The standard InChI is InChI=1S/C13H27NO2/c1-9(2)10(3)11(7-14)8-16-12(15)13(4,5)6/h9-11H,7-8,14H2,1-6H3/t10-,11+/m0/s1. The molecule has 2 N–H and O–H groups in total. The molecular formula is C13H27NO2. The second-order valence-corrected chi connectivity index (χ2v) is 5.95. The van der Waals surface area contributed by atoms with Crippen LogP contribution in [-0.2, 0) is 9.53 Å². The van der Waals surface area contributed by atoms with Gasteiger partial charge in [0.15, 0.2) is 0 Å². The molecule has 0 aliphatic rings. The van der Waals surface area contributed by atoms with Gasteiger partial charge in [-0.1, -0.05) is 20.8 Å². The van der Waals surface area contributed by atoms with Gasteiger partial charge in [-0.3, -0.25) is 4.79 Å². The second-order valence-electron chi connectivity index (χ2n) is 5.95. The number of carbonyl (C=O) groups excluding carboxylic acids is 1. The van der Waals surface area contributed by atoms with Crippen molar-refractivity contribution in [2.24, 2.45) is 28.9 Å². The Morgan fingerprint density at radius 2 is 1.75 bits per heavy atom. The molecule has 3 nitrogen and oxygen atoms in total. The zero-order valence-electron chi connectivity index (χ0n) is 11.5. The Labute approximate surface area is 99.7 Å². The van der Waals surface area contributed by atoms with E-state index in [2.05, 4.69) is 20.8 Å². The molecule has 0 fully saturated rings. The summed E-state index contributed by atoms with van der Waals surface area (Å²) in [6.07, 6.45) is 0. The summed E-state index contributed by atoms with van der Waals surface area (Å²) in [5.74, 6) is 1.13. The first-order chi connectivity index (χ1) is 7.20. The van der Waals surface area contributed by atoms with Crippen LogP contribution >= 0.6 is 0 Å². The molecule has 0 bridgehead atoms. The van der Waals surface area contributed by atoms with Crippen molar-refractivity contribution in [1.29, 1.82) is 0 Å². The van der Waals surface area contributed by atoms with Gasteiger partial charge in [0.25, 0.3) is 0 Å². The highest BCUT2D eigenvalue weighted by atomic mass is 16.5. The minimum absolute atomic E-state index is 0.151. The van der Waals surface area contributed by atoms with E-state index in [4.69, 9.17) is 10.5 Å². The van der Waals surface area contributed by atoms with Crippen molar-refractivity contribution >= 4 is 5.97 Å². The highest BCUT2D eigenvalue weighted by Gasteiger charge is 2.26. The SMILES string of the molecule is CC(C)[C@H](C)[C@H](CN)COC(=O)C(C)(C)C. The average Bonchev–Trinajstić information content (AvgIpc) is 2.16. The molecule has 0 aromatic rings. The lowest BCUT2D eigenvalue weighted by atomic mass is 9.85. The molecule has 0 amide bonds. The van der Waals surface area contributed by atoms with Crippen molar-refractivity contribution in [1.82, 2.24) is 0 Å². The fourth-order valence-corrected chi connectivity index (χ4v) is 1.38. The lowest BCUT2D eigenvalue weighted by molar-refractivity contribution is -0.154. The number of hydrogen-bond donors (Lipinski definition) is 1. The number of nitrogens with two attached hydrogens (primary N) is 1. The largest absolute Gasteiger partial charge is 0.465 e. The van der Waals surface area contributed by atoms with Gasteiger partial charge in [0, 0.05) is 5.92 Å². The third-order valence-corrected chi connectivity index (χ3v) is 3.14. The zero-order valence-corrected chi connectivity index (χ0v) is 11.5. The van der Waals surface area contributed by atoms with Crippen LogP contribution in [0.4, 0.5) is 0 Å². The first-order valence-electron chi connectivity index (χ1n) is 6.07. The zero-order chi connectivity index (χ0) is 12.9. The van der Waals surface area contributed by atoms with Gasteiger partial charge in [0.2, 0.25) is 0 Å². The Bertz CT molecular complexity index is 218. The Balaban J connectivity index is 4.21. The smallest absolute Gasteiger partial charge is 0.311 e. The molecule has 0 aromatic carbocycles. The molecule has 0 aliphatic carbocycles. The van der Waals surface area contributed by atoms with Crippen molar-refractivity contribution in [2.45, 2.75) is 41.5 Å². The summed E-state index contributed by atoms with van der Waals surface area (Å²) in [7, 11) is 0. The van der Waals surface area contributed by atoms with E-state index in [1.807, 2.05) is 20.8 Å². The van der Waals surface area contributed by atoms with Gasteiger partial charge in [0.05, 0.1) is 12.0 Å². The minimum atomic E-state index is -0.430. The molecule has 16 heavy (non-hydrogen) atoms. The van der Waals surface area contributed by atoms with E-state index < -0.39 is 5.41 Å². The summed E-state index contributed by atoms with van der Waals surface area (Å²) in [6.45, 7) is 13.1. The van der Waals surface area contributed by atoms with Gasteiger partial charge in [-0.05, 0) is 39.2 Å². The highest BCUT2D eigenvalue weighted by molar-refractivity contribution is 5.75. The molecule has 0 spiro atoms. The number of carbonyl (C=O) groups is 1. The molecule has 0 heterocycles. The molecule has 0 unspecified atom stereocenters. The molecule has 0 saturated heterocycles. The van der Waals surface area contributed by atoms with E-state index in [0.29, 0.717) is 25.0 Å². The fraction of sp³-hybridized carbons (Fsp3) is 0.923. The molecule has 0 aromatic heterocycles. The van der Waals surface area contributed by atoms with Gasteiger partial charge >= 0.3 is 5.97 Å². The number of rotatable bonds is 5. The van der Waals surface area contributed by atoms with Crippen molar-refractivity contribution in [3.63, 3.8) is 0 Å². The van der Waals surface area contributed by atoms with E-state index >= 15 is 0 Å². The van der Waals surface area contributed by atoms with Crippen LogP contribution in [0.1, 0.15) is 41.5 Å². The third kappa shape index (κ3) is 4.97. The number of esters is 1. The molecule has 3 heteroatoms. The van der Waals surface area contributed by atoms with Crippen LogP contribution in [0.3, 0.4) is 0 Å². The van der Waals surface area contributed by atoms with Crippen molar-refractivity contribution < 1.29 is 9.53 Å². The summed E-state index contributed by atoms with van der Waals surface area (Å²) in [5, 5.41) is 0. The highest BCUT2D eigenvalue weighted by Crippen LogP contribution is 2.22. The molecule has 0 aliphatic heterocycles. The predicted molar refractivity (Wildman–Crippen MR) is 67.0 cm³/mol. The van der Waals surface area contributed by atoms with Crippen LogP contribution in [0.25, 0.3) is 0 Å². The predicted octanol–water partition coefficient (Wildman–Crippen LogP) is 2.44. The number of hydrogen-bond acceptors (Lipinski definition) is 3. The van der Waals surface area contributed by atoms with Gasteiger partial charge in [-0.15, -0.1) is 0 Å². The van der Waals surface area contributed by atoms with E-state index in [1.165, 1.54) is 0 Å². The van der Waals surface area contributed by atoms with Crippen molar-refractivity contribution in [2.75, 3.05) is 13.2 Å². The Hall–Kier alpha value is -0.570. The van der Waals surface area contributed by atoms with Gasteiger partial charge < -0.3 is 10.5 Å². The molecule has 0 rings (SSSR count). The summed E-state index contributed by atoms with van der Waals surface area (Å²) < 4.78 is 5.31. The summed E-state index contributed by atoms with van der Waals surface area (Å²) in [6, 6.07) is 0. The maximum Gasteiger partial charge on any atom is 0.311 e.